The highest BCUT2D eigenvalue weighted by atomic mass is 19.1. The van der Waals surface area contributed by atoms with E-state index in [1.54, 1.807) is 31.1 Å². The molecule has 44 heavy (non-hydrogen) atoms. The predicted molar refractivity (Wildman–Crippen MR) is 165 cm³/mol. The van der Waals surface area contributed by atoms with Crippen LogP contribution in [-0.4, -0.2) is 75.8 Å². The van der Waals surface area contributed by atoms with Crippen LogP contribution in [0.1, 0.15) is 51.4 Å². The number of halogens is 1. The van der Waals surface area contributed by atoms with Crippen molar-refractivity contribution in [2.75, 3.05) is 26.5 Å². The lowest BCUT2D eigenvalue weighted by Crippen LogP contribution is -2.44. The molecule has 2 unspecified atom stereocenters. The van der Waals surface area contributed by atoms with Crippen molar-refractivity contribution in [2.45, 2.75) is 65.3 Å². The van der Waals surface area contributed by atoms with Gasteiger partial charge in [0.05, 0.1) is 24.0 Å². The first kappa shape index (κ1) is 34.1. The van der Waals surface area contributed by atoms with Gasteiger partial charge in [-0.3, -0.25) is 19.3 Å². The van der Waals surface area contributed by atoms with E-state index in [0.717, 1.165) is 5.56 Å². The highest BCUT2D eigenvalue weighted by Gasteiger charge is 2.22. The van der Waals surface area contributed by atoms with Crippen LogP contribution in [0.25, 0.3) is 11.0 Å². The van der Waals surface area contributed by atoms with Crippen LogP contribution in [0.5, 0.6) is 0 Å². The van der Waals surface area contributed by atoms with Crippen LogP contribution >= 0.6 is 0 Å². The van der Waals surface area contributed by atoms with Crippen LogP contribution in [0.15, 0.2) is 47.4 Å². The first-order valence-corrected chi connectivity index (χ1v) is 14.2. The summed E-state index contributed by atoms with van der Waals surface area (Å²) < 4.78 is 20.9. The molecule has 0 bridgehead atoms. The minimum Gasteiger partial charge on any atom is -0.465 e. The molecule has 2 amide bonds. The number of benzene rings is 1. The maximum Gasteiger partial charge on any atom is 0.405 e. The van der Waals surface area contributed by atoms with Gasteiger partial charge < -0.3 is 30.0 Å². The van der Waals surface area contributed by atoms with Gasteiger partial charge in [-0.15, -0.1) is 0 Å². The van der Waals surface area contributed by atoms with Crippen LogP contribution in [0.4, 0.5) is 14.9 Å². The Morgan fingerprint density at radius 2 is 1.98 bits per heavy atom. The van der Waals surface area contributed by atoms with Gasteiger partial charge in [0.15, 0.2) is 5.78 Å². The maximum absolute atomic E-state index is 14.3. The van der Waals surface area contributed by atoms with Crippen LogP contribution in [0, 0.1) is 11.2 Å². The van der Waals surface area contributed by atoms with Crippen molar-refractivity contribution >= 4 is 34.5 Å². The molecule has 3 aromatic rings. The number of H-pyrrole nitrogens is 1. The molecule has 4 N–H and O–H groups in total. The predicted octanol–water partition coefficient (Wildman–Crippen LogP) is 3.91. The molecule has 1 aromatic carbocycles. The molecule has 12 nitrogen and oxygen atoms in total. The molecule has 0 saturated carbocycles. The van der Waals surface area contributed by atoms with Crippen molar-refractivity contribution in [3.05, 3.63) is 70.2 Å². The second-order valence-corrected chi connectivity index (χ2v) is 12.0. The second kappa shape index (κ2) is 14.9. The number of hydrogen-bond donors (Lipinski definition) is 4. The van der Waals surface area contributed by atoms with Gasteiger partial charge in [-0.05, 0) is 74.7 Å². The first-order valence-electron chi connectivity index (χ1n) is 14.2. The van der Waals surface area contributed by atoms with E-state index >= 15 is 0 Å². The average Bonchev–Trinajstić information content (AvgIpc) is 3.32. The summed E-state index contributed by atoms with van der Waals surface area (Å²) in [5, 5.41) is 13.9. The average molecular weight is 613 g/mol. The number of nitrogens with zero attached hydrogens (tertiary/aromatic N) is 3. The Morgan fingerprint density at radius 1 is 1.25 bits per heavy atom. The Morgan fingerprint density at radius 3 is 2.61 bits per heavy atom. The Kier molecular flexibility index (Phi) is 11.5. The summed E-state index contributed by atoms with van der Waals surface area (Å²) in [6.45, 7) is 6.18. The molecule has 2 atom stereocenters. The first-order chi connectivity index (χ1) is 20.7. The van der Waals surface area contributed by atoms with E-state index in [1.165, 1.54) is 42.1 Å². The molecular formula is C31H41FN6O6. The number of carbonyl (C=O) groups excluding carboxylic acids is 2. The normalized spacial score (nSPS) is 13.4. The molecule has 238 valence electrons. The molecule has 3 rings (SSSR count). The third kappa shape index (κ3) is 9.85. The van der Waals surface area contributed by atoms with Crippen LogP contribution < -0.4 is 16.2 Å². The SMILES string of the molecule is COC(CC(=O)/C=C/CCC(NC(=O)O)C(=O)Nc1cccn(Cc2nc3c(CC(C)(C)C)cc(F)cc3[nH]2)c1=O)N(C)C. The standard InChI is InChI=1S/C31H41FN6O6/c1-31(2,3)17-19-14-20(32)15-24-27(19)36-25(33-24)18-38-13-9-12-23(29(38)41)34-28(40)22(35-30(42)43)11-8-7-10-21(39)16-26(44-6)37(4)5/h7,9-10,12-15,22,26,35H,8,11,16-18H2,1-6H3,(H,33,36)(H,34,40)(H,42,43)/b10-7+. The van der Waals surface area contributed by atoms with E-state index in [2.05, 4.69) is 41.4 Å². The van der Waals surface area contributed by atoms with E-state index in [9.17, 15) is 28.7 Å². The number of pyridine rings is 1. The van der Waals surface area contributed by atoms with E-state index in [1.807, 2.05) is 0 Å². The molecule has 0 fully saturated rings. The number of nitrogens with one attached hydrogen (secondary N) is 3. The van der Waals surface area contributed by atoms with Crippen molar-refractivity contribution in [3.8, 4) is 0 Å². The van der Waals surface area contributed by atoms with Crippen molar-refractivity contribution < 1.29 is 28.6 Å². The van der Waals surface area contributed by atoms with Crippen LogP contribution in [-0.2, 0) is 27.3 Å². The van der Waals surface area contributed by atoms with E-state index in [-0.39, 0.29) is 54.7 Å². The molecule has 0 radical (unpaired) electrons. The zero-order valence-corrected chi connectivity index (χ0v) is 25.9. The summed E-state index contributed by atoms with van der Waals surface area (Å²) in [6, 6.07) is 4.63. The lowest BCUT2D eigenvalue weighted by atomic mass is 9.87. The molecular weight excluding hydrogens is 571 g/mol. The Balaban J connectivity index is 1.72. The van der Waals surface area contributed by atoms with Crippen molar-refractivity contribution in [1.29, 1.82) is 0 Å². The topological polar surface area (TPSA) is 159 Å². The number of methoxy groups -OCH3 is 1. The number of rotatable bonds is 14. The van der Waals surface area contributed by atoms with Crippen molar-refractivity contribution in [3.63, 3.8) is 0 Å². The number of amides is 2. The lowest BCUT2D eigenvalue weighted by molar-refractivity contribution is -0.120. The second-order valence-electron chi connectivity index (χ2n) is 12.0. The zero-order valence-electron chi connectivity index (χ0n) is 25.9. The number of imidazole rings is 1. The molecule has 0 aliphatic rings. The van der Waals surface area contributed by atoms with Crippen LogP contribution in [0.2, 0.25) is 0 Å². The van der Waals surface area contributed by atoms with Gasteiger partial charge in [-0.2, -0.15) is 0 Å². The zero-order chi connectivity index (χ0) is 32.6. The number of fused-ring (bicyclic) bond motifs is 1. The number of allylic oxidation sites excluding steroid dienone is 2. The molecule has 2 aromatic heterocycles. The minimum absolute atomic E-state index is 0.0289. The molecule has 0 aliphatic heterocycles. The van der Waals surface area contributed by atoms with Gasteiger partial charge >= 0.3 is 6.09 Å². The number of carbonyl (C=O) groups is 3. The molecule has 0 aliphatic carbocycles. The Bertz CT molecular complexity index is 1570. The maximum atomic E-state index is 14.3. The molecule has 0 saturated heterocycles. The summed E-state index contributed by atoms with van der Waals surface area (Å²) in [5.41, 5.74) is 1.23. The van der Waals surface area contributed by atoms with Gasteiger partial charge in [0.25, 0.3) is 5.56 Å². The minimum atomic E-state index is -1.41. The quantitative estimate of drug-likeness (QED) is 0.158. The summed E-state index contributed by atoms with van der Waals surface area (Å²) in [7, 11) is 5.09. The van der Waals surface area contributed by atoms with Crippen LogP contribution in [0.3, 0.4) is 0 Å². The third-order valence-corrected chi connectivity index (χ3v) is 6.76. The molecule has 0 spiro atoms. The fourth-order valence-electron chi connectivity index (χ4n) is 4.73. The number of aromatic amines is 1. The van der Waals surface area contributed by atoms with Gasteiger partial charge in [-0.1, -0.05) is 26.8 Å². The number of ketones is 1. The highest BCUT2D eigenvalue weighted by Crippen LogP contribution is 2.27. The summed E-state index contributed by atoms with van der Waals surface area (Å²) >= 11 is 0. The molecule has 2 heterocycles. The summed E-state index contributed by atoms with van der Waals surface area (Å²) in [4.78, 5) is 59.3. The van der Waals surface area contributed by atoms with Gasteiger partial charge in [0.1, 0.15) is 29.6 Å². The fraction of sp³-hybridized carbons (Fsp3) is 0.452. The van der Waals surface area contributed by atoms with Gasteiger partial charge in [0.2, 0.25) is 5.91 Å². The highest BCUT2D eigenvalue weighted by molar-refractivity contribution is 5.96. The third-order valence-electron chi connectivity index (χ3n) is 6.76. The van der Waals surface area contributed by atoms with E-state index in [4.69, 9.17) is 4.74 Å². The number of carboxylic acid groups (broad SMARTS) is 1. The molecule has 13 heteroatoms. The number of hydrogen-bond acceptors (Lipinski definition) is 7. The van der Waals surface area contributed by atoms with Crippen molar-refractivity contribution in [2.24, 2.45) is 5.41 Å². The lowest BCUT2D eigenvalue weighted by Gasteiger charge is -2.21. The Labute approximate surface area is 255 Å². The smallest absolute Gasteiger partial charge is 0.405 e. The summed E-state index contributed by atoms with van der Waals surface area (Å²) in [5.74, 6) is -0.854. The van der Waals surface area contributed by atoms with E-state index < -0.39 is 23.6 Å². The van der Waals surface area contributed by atoms with E-state index in [0.29, 0.717) is 23.3 Å². The van der Waals surface area contributed by atoms with Gasteiger partial charge in [-0.25, -0.2) is 14.2 Å². The Hall–Kier alpha value is -4.36. The number of anilines is 1. The number of ether oxygens (including phenoxy) is 1. The summed E-state index contributed by atoms with van der Waals surface area (Å²) in [6.07, 6.45) is 3.71. The van der Waals surface area contributed by atoms with Crippen molar-refractivity contribution in [1.82, 2.24) is 24.8 Å². The number of aromatic nitrogens is 3. The fourth-order valence-corrected chi connectivity index (χ4v) is 4.73. The van der Waals surface area contributed by atoms with Gasteiger partial charge in [0, 0.05) is 13.3 Å². The monoisotopic (exact) mass is 612 g/mol. The largest absolute Gasteiger partial charge is 0.465 e.